The normalized spacial score (nSPS) is 41.6. The van der Waals surface area contributed by atoms with Crippen molar-refractivity contribution in [3.63, 3.8) is 0 Å². The van der Waals surface area contributed by atoms with Crippen molar-refractivity contribution in [3.8, 4) is 0 Å². The third-order valence-corrected chi connectivity index (χ3v) is 6.01. The van der Waals surface area contributed by atoms with Crippen LogP contribution in [0.4, 0.5) is 0 Å². The fourth-order valence-electron chi connectivity index (χ4n) is 4.07. The van der Waals surface area contributed by atoms with E-state index in [0.717, 1.165) is 12.8 Å². The zero-order chi connectivity index (χ0) is 14.6. The summed E-state index contributed by atoms with van der Waals surface area (Å²) in [7, 11) is 0. The Morgan fingerprint density at radius 3 is 2.32 bits per heavy atom. The van der Waals surface area contributed by atoms with Crippen LogP contribution in [0, 0.1) is 22.7 Å². The number of rotatable bonds is 3. The molecule has 0 saturated heterocycles. The number of amides is 1. The number of carbonyl (C=O) groups is 1. The summed E-state index contributed by atoms with van der Waals surface area (Å²) in [5, 5.41) is 23.2. The van der Waals surface area contributed by atoms with Gasteiger partial charge < -0.3 is 15.5 Å². The van der Waals surface area contributed by atoms with Gasteiger partial charge in [-0.2, -0.15) is 0 Å². The van der Waals surface area contributed by atoms with Crippen molar-refractivity contribution >= 4 is 5.91 Å². The van der Waals surface area contributed by atoms with Gasteiger partial charge in [0.15, 0.2) is 0 Å². The zero-order valence-corrected chi connectivity index (χ0v) is 12.6. The standard InChI is InChI=1S/C15H27NO3/c1-8(2)11(17)13(19)16-10-9-6-7-15(5,12(10)18)14(9,3)4/h8-12,17-18H,6-7H2,1-5H3,(H,16,19)/t9-,10-,11+,12-,15+/m1/s1. The molecular formula is C15H27NO3. The number of aliphatic hydroxyl groups is 2. The largest absolute Gasteiger partial charge is 0.390 e. The van der Waals surface area contributed by atoms with Crippen LogP contribution >= 0.6 is 0 Å². The second-order valence-corrected chi connectivity index (χ2v) is 7.45. The molecule has 2 bridgehead atoms. The van der Waals surface area contributed by atoms with Crippen LogP contribution in [0.2, 0.25) is 0 Å². The van der Waals surface area contributed by atoms with Crippen LogP contribution in [0.25, 0.3) is 0 Å². The van der Waals surface area contributed by atoms with E-state index in [1.807, 2.05) is 13.8 Å². The summed E-state index contributed by atoms with van der Waals surface area (Å²) >= 11 is 0. The molecule has 0 spiro atoms. The van der Waals surface area contributed by atoms with Crippen LogP contribution in [-0.2, 0) is 4.79 Å². The van der Waals surface area contributed by atoms with E-state index in [-0.39, 0.29) is 34.6 Å². The van der Waals surface area contributed by atoms with Gasteiger partial charge in [0.05, 0.1) is 12.1 Å². The van der Waals surface area contributed by atoms with Crippen molar-refractivity contribution in [1.29, 1.82) is 0 Å². The van der Waals surface area contributed by atoms with Crippen molar-refractivity contribution in [2.75, 3.05) is 0 Å². The second-order valence-electron chi connectivity index (χ2n) is 7.45. The first kappa shape index (κ1) is 14.8. The Morgan fingerprint density at radius 1 is 1.32 bits per heavy atom. The summed E-state index contributed by atoms with van der Waals surface area (Å²) in [4.78, 5) is 12.0. The van der Waals surface area contributed by atoms with Gasteiger partial charge in [-0.1, -0.05) is 34.6 Å². The predicted octanol–water partition coefficient (Wildman–Crippen LogP) is 1.31. The Kier molecular flexibility index (Phi) is 3.47. The van der Waals surface area contributed by atoms with Crippen LogP contribution in [0.15, 0.2) is 0 Å². The van der Waals surface area contributed by atoms with Gasteiger partial charge in [-0.05, 0) is 30.1 Å². The third kappa shape index (κ3) is 1.91. The van der Waals surface area contributed by atoms with Crippen molar-refractivity contribution in [2.24, 2.45) is 22.7 Å². The summed E-state index contributed by atoms with van der Waals surface area (Å²) in [5.41, 5.74) is -0.120. The number of aliphatic hydroxyl groups excluding tert-OH is 2. The van der Waals surface area contributed by atoms with Crippen LogP contribution in [0.3, 0.4) is 0 Å². The zero-order valence-electron chi connectivity index (χ0n) is 12.6. The third-order valence-electron chi connectivity index (χ3n) is 6.01. The Morgan fingerprint density at radius 2 is 1.89 bits per heavy atom. The van der Waals surface area contributed by atoms with E-state index in [1.54, 1.807) is 0 Å². The van der Waals surface area contributed by atoms with E-state index in [1.165, 1.54) is 0 Å². The Hall–Kier alpha value is -0.610. The molecule has 0 unspecified atom stereocenters. The maximum Gasteiger partial charge on any atom is 0.249 e. The first-order valence-electron chi connectivity index (χ1n) is 7.29. The highest BCUT2D eigenvalue weighted by atomic mass is 16.3. The molecule has 0 aliphatic heterocycles. The molecule has 0 heterocycles. The summed E-state index contributed by atoms with van der Waals surface area (Å²) in [6, 6.07) is -0.227. The topological polar surface area (TPSA) is 69.6 Å². The number of hydrogen-bond donors (Lipinski definition) is 3. The molecule has 5 atom stereocenters. The Labute approximate surface area is 115 Å². The first-order chi connectivity index (χ1) is 8.63. The van der Waals surface area contributed by atoms with Gasteiger partial charge in [0.1, 0.15) is 6.10 Å². The average molecular weight is 269 g/mol. The molecule has 1 amide bonds. The molecule has 0 aromatic rings. The highest BCUT2D eigenvalue weighted by molar-refractivity contribution is 5.81. The second kappa shape index (κ2) is 4.45. The smallest absolute Gasteiger partial charge is 0.249 e. The molecule has 4 nitrogen and oxygen atoms in total. The van der Waals surface area contributed by atoms with Gasteiger partial charge in [-0.25, -0.2) is 0 Å². The monoisotopic (exact) mass is 269 g/mol. The number of nitrogens with one attached hydrogen (secondary N) is 1. The number of fused-ring (bicyclic) bond motifs is 2. The molecule has 0 aromatic heterocycles. The van der Waals surface area contributed by atoms with Gasteiger partial charge in [-0.3, -0.25) is 4.79 Å². The van der Waals surface area contributed by atoms with Crippen molar-refractivity contribution < 1.29 is 15.0 Å². The summed E-state index contributed by atoms with van der Waals surface area (Å²) in [6.45, 7) is 10.1. The minimum atomic E-state index is -0.998. The van der Waals surface area contributed by atoms with E-state index in [0.29, 0.717) is 0 Å². The van der Waals surface area contributed by atoms with Gasteiger partial charge in [-0.15, -0.1) is 0 Å². The van der Waals surface area contributed by atoms with E-state index in [9.17, 15) is 15.0 Å². The van der Waals surface area contributed by atoms with E-state index in [2.05, 4.69) is 26.1 Å². The molecule has 19 heavy (non-hydrogen) atoms. The van der Waals surface area contributed by atoms with Crippen molar-refractivity contribution in [1.82, 2.24) is 5.32 Å². The fourth-order valence-corrected chi connectivity index (χ4v) is 4.07. The van der Waals surface area contributed by atoms with E-state index in [4.69, 9.17) is 0 Å². The number of carbonyl (C=O) groups excluding carboxylic acids is 1. The Balaban J connectivity index is 2.14. The van der Waals surface area contributed by atoms with Crippen LogP contribution in [-0.4, -0.2) is 34.4 Å². The molecule has 110 valence electrons. The summed E-state index contributed by atoms with van der Waals surface area (Å²) < 4.78 is 0. The lowest BCUT2D eigenvalue weighted by Gasteiger charge is -2.37. The molecule has 2 rings (SSSR count). The van der Waals surface area contributed by atoms with Crippen molar-refractivity contribution in [2.45, 2.75) is 65.7 Å². The lowest BCUT2D eigenvalue weighted by atomic mass is 9.70. The molecule has 0 radical (unpaired) electrons. The lowest BCUT2D eigenvalue weighted by Crippen LogP contribution is -2.52. The molecule has 2 aliphatic rings. The van der Waals surface area contributed by atoms with E-state index >= 15 is 0 Å². The van der Waals surface area contributed by atoms with E-state index < -0.39 is 12.2 Å². The first-order valence-corrected chi connectivity index (χ1v) is 7.29. The highest BCUT2D eigenvalue weighted by Crippen LogP contribution is 2.65. The SMILES string of the molecule is CC(C)[C@H](O)C(=O)N[C@@H]1[C@H]2CC[C@@](C)([C@@H]1O)C2(C)C. The maximum atomic E-state index is 12.0. The molecule has 2 saturated carbocycles. The highest BCUT2D eigenvalue weighted by Gasteiger charge is 2.66. The van der Waals surface area contributed by atoms with Gasteiger partial charge >= 0.3 is 0 Å². The quantitative estimate of drug-likeness (QED) is 0.723. The number of hydrogen-bond acceptors (Lipinski definition) is 3. The minimum absolute atomic E-state index is 0.0210. The Bertz CT molecular complexity index is 380. The van der Waals surface area contributed by atoms with Crippen LogP contribution < -0.4 is 5.32 Å². The van der Waals surface area contributed by atoms with Gasteiger partial charge in [0.25, 0.3) is 0 Å². The fraction of sp³-hybridized carbons (Fsp3) is 0.933. The van der Waals surface area contributed by atoms with Crippen LogP contribution in [0.5, 0.6) is 0 Å². The van der Waals surface area contributed by atoms with Crippen LogP contribution in [0.1, 0.15) is 47.5 Å². The minimum Gasteiger partial charge on any atom is -0.390 e. The van der Waals surface area contributed by atoms with Gasteiger partial charge in [0.2, 0.25) is 5.91 Å². The summed E-state index contributed by atoms with van der Waals surface area (Å²) in [6.07, 6.45) is 0.514. The molecule has 2 aliphatic carbocycles. The molecule has 4 heteroatoms. The maximum absolute atomic E-state index is 12.0. The summed E-state index contributed by atoms with van der Waals surface area (Å²) in [5.74, 6) is -0.179. The van der Waals surface area contributed by atoms with Crippen molar-refractivity contribution in [3.05, 3.63) is 0 Å². The molecule has 3 N–H and O–H groups in total. The average Bonchev–Trinajstić information content (AvgIpc) is 2.62. The lowest BCUT2D eigenvalue weighted by molar-refractivity contribution is -0.133. The molecular weight excluding hydrogens is 242 g/mol. The molecule has 2 fully saturated rings. The molecule has 0 aromatic carbocycles. The predicted molar refractivity (Wildman–Crippen MR) is 73.4 cm³/mol. The van der Waals surface area contributed by atoms with Gasteiger partial charge in [0, 0.05) is 5.41 Å².